The Kier molecular flexibility index (Phi) is 3.59. The van der Waals surface area contributed by atoms with Crippen molar-refractivity contribution in [2.45, 2.75) is 0 Å². The summed E-state index contributed by atoms with van der Waals surface area (Å²) >= 11 is 4.66. The molecule has 0 bridgehead atoms. The van der Waals surface area contributed by atoms with Gasteiger partial charge in [0.25, 0.3) is 5.91 Å². The molecule has 0 saturated carbocycles. The number of carbonyl (C=O) groups is 1. The summed E-state index contributed by atoms with van der Waals surface area (Å²) in [6.45, 7) is 0. The SMILES string of the molecule is CN(C(=O)c1sccc1Br)c1cccc(F)c1. The van der Waals surface area contributed by atoms with Crippen LogP contribution in [-0.4, -0.2) is 13.0 Å². The van der Waals surface area contributed by atoms with Crippen LogP contribution in [0.15, 0.2) is 40.2 Å². The molecule has 0 atom stereocenters. The third-order valence-electron chi connectivity index (χ3n) is 2.31. The first-order valence-electron chi connectivity index (χ1n) is 4.86. The van der Waals surface area contributed by atoms with Crippen LogP contribution in [-0.2, 0) is 0 Å². The van der Waals surface area contributed by atoms with Gasteiger partial charge in [0.15, 0.2) is 0 Å². The third kappa shape index (κ3) is 2.56. The largest absolute Gasteiger partial charge is 0.311 e. The zero-order chi connectivity index (χ0) is 12.4. The number of halogens is 2. The van der Waals surface area contributed by atoms with E-state index in [0.717, 1.165) is 4.47 Å². The van der Waals surface area contributed by atoms with Gasteiger partial charge in [0, 0.05) is 17.2 Å². The van der Waals surface area contributed by atoms with Crippen molar-refractivity contribution in [3.05, 3.63) is 50.9 Å². The summed E-state index contributed by atoms with van der Waals surface area (Å²) in [6, 6.07) is 7.78. The molecule has 1 amide bonds. The lowest BCUT2D eigenvalue weighted by atomic mass is 10.3. The standard InChI is InChI=1S/C12H9BrFNOS/c1-15(9-4-2-3-8(14)7-9)12(16)11-10(13)5-6-17-11/h2-7H,1H3. The van der Waals surface area contributed by atoms with E-state index in [4.69, 9.17) is 0 Å². The zero-order valence-electron chi connectivity index (χ0n) is 8.98. The minimum atomic E-state index is -0.354. The van der Waals surface area contributed by atoms with E-state index in [2.05, 4.69) is 15.9 Å². The first-order chi connectivity index (χ1) is 8.09. The highest BCUT2D eigenvalue weighted by molar-refractivity contribution is 9.10. The molecule has 2 nitrogen and oxygen atoms in total. The minimum Gasteiger partial charge on any atom is -0.311 e. The lowest BCUT2D eigenvalue weighted by Crippen LogP contribution is -2.25. The molecule has 1 aromatic heterocycles. The molecular weight excluding hydrogens is 305 g/mol. The molecule has 0 saturated heterocycles. The second kappa shape index (κ2) is 4.98. The van der Waals surface area contributed by atoms with Gasteiger partial charge < -0.3 is 4.90 Å². The summed E-state index contributed by atoms with van der Waals surface area (Å²) in [5, 5.41) is 1.83. The molecule has 2 rings (SSSR count). The van der Waals surface area contributed by atoms with Gasteiger partial charge in [0.2, 0.25) is 0 Å². The fraction of sp³-hybridized carbons (Fsp3) is 0.0833. The van der Waals surface area contributed by atoms with Gasteiger partial charge in [-0.2, -0.15) is 0 Å². The fourth-order valence-electron chi connectivity index (χ4n) is 1.40. The maximum atomic E-state index is 13.1. The van der Waals surface area contributed by atoms with E-state index in [9.17, 15) is 9.18 Å². The van der Waals surface area contributed by atoms with Gasteiger partial charge in [-0.3, -0.25) is 4.79 Å². The van der Waals surface area contributed by atoms with E-state index in [1.54, 1.807) is 19.2 Å². The Morgan fingerprint density at radius 2 is 2.18 bits per heavy atom. The highest BCUT2D eigenvalue weighted by Crippen LogP contribution is 2.26. The van der Waals surface area contributed by atoms with Crippen LogP contribution < -0.4 is 4.90 Å². The quantitative estimate of drug-likeness (QED) is 0.822. The van der Waals surface area contributed by atoms with E-state index in [1.165, 1.54) is 28.4 Å². The summed E-state index contributed by atoms with van der Waals surface area (Å²) in [6.07, 6.45) is 0. The van der Waals surface area contributed by atoms with E-state index in [-0.39, 0.29) is 11.7 Å². The Hall–Kier alpha value is -1.20. The Morgan fingerprint density at radius 3 is 2.76 bits per heavy atom. The van der Waals surface area contributed by atoms with Crippen LogP contribution >= 0.6 is 27.3 Å². The van der Waals surface area contributed by atoms with Crippen LogP contribution in [0.1, 0.15) is 9.67 Å². The molecule has 0 aliphatic rings. The number of hydrogen-bond acceptors (Lipinski definition) is 2. The lowest BCUT2D eigenvalue weighted by Gasteiger charge is -2.16. The molecule has 88 valence electrons. The molecule has 0 aliphatic carbocycles. The first kappa shape index (κ1) is 12.3. The molecule has 5 heteroatoms. The summed E-state index contributed by atoms with van der Waals surface area (Å²) < 4.78 is 13.8. The molecule has 0 aliphatic heterocycles. The van der Waals surface area contributed by atoms with Crippen molar-refractivity contribution in [3.63, 3.8) is 0 Å². The van der Waals surface area contributed by atoms with Crippen LogP contribution in [0, 0.1) is 5.82 Å². The van der Waals surface area contributed by atoms with Crippen LogP contribution in [0.25, 0.3) is 0 Å². The third-order valence-corrected chi connectivity index (χ3v) is 4.14. The molecule has 17 heavy (non-hydrogen) atoms. The number of carbonyl (C=O) groups excluding carboxylic acids is 1. The van der Waals surface area contributed by atoms with Crippen molar-refractivity contribution in [2.75, 3.05) is 11.9 Å². The highest BCUT2D eigenvalue weighted by Gasteiger charge is 2.17. The van der Waals surface area contributed by atoms with E-state index < -0.39 is 0 Å². The number of benzene rings is 1. The predicted octanol–water partition coefficient (Wildman–Crippen LogP) is 3.93. The Bertz CT molecular complexity index is 555. The number of rotatable bonds is 2. The Balaban J connectivity index is 2.30. The van der Waals surface area contributed by atoms with Crippen molar-refractivity contribution in [1.29, 1.82) is 0 Å². The summed E-state index contributed by atoms with van der Waals surface area (Å²) in [5.41, 5.74) is 0.537. The number of hydrogen-bond donors (Lipinski definition) is 0. The molecular formula is C12H9BrFNOS. The van der Waals surface area contributed by atoms with Gasteiger partial charge in [0.1, 0.15) is 10.7 Å². The molecule has 1 heterocycles. The smallest absolute Gasteiger partial charge is 0.269 e. The number of nitrogens with zero attached hydrogens (tertiary/aromatic N) is 1. The van der Waals surface area contributed by atoms with Crippen molar-refractivity contribution < 1.29 is 9.18 Å². The van der Waals surface area contributed by atoms with Crippen molar-refractivity contribution in [3.8, 4) is 0 Å². The van der Waals surface area contributed by atoms with Crippen LogP contribution in [0.4, 0.5) is 10.1 Å². The van der Waals surface area contributed by atoms with E-state index in [1.807, 2.05) is 11.4 Å². The number of amides is 1. The second-order valence-corrected chi connectivity index (χ2v) is 5.21. The number of anilines is 1. The maximum Gasteiger partial charge on any atom is 0.269 e. The van der Waals surface area contributed by atoms with Crippen molar-refractivity contribution >= 4 is 38.9 Å². The summed E-state index contributed by atoms with van der Waals surface area (Å²) in [4.78, 5) is 14.2. The van der Waals surface area contributed by atoms with Crippen LogP contribution in [0.2, 0.25) is 0 Å². The van der Waals surface area contributed by atoms with Gasteiger partial charge in [-0.05, 0) is 45.6 Å². The van der Waals surface area contributed by atoms with Crippen LogP contribution in [0.3, 0.4) is 0 Å². The summed E-state index contributed by atoms with van der Waals surface area (Å²) in [7, 11) is 1.63. The molecule has 0 radical (unpaired) electrons. The fourth-order valence-corrected chi connectivity index (χ4v) is 2.92. The summed E-state index contributed by atoms with van der Waals surface area (Å²) in [5.74, 6) is -0.509. The monoisotopic (exact) mass is 313 g/mol. The Morgan fingerprint density at radius 1 is 1.41 bits per heavy atom. The van der Waals surface area contributed by atoms with Gasteiger partial charge >= 0.3 is 0 Å². The normalized spacial score (nSPS) is 10.3. The Labute approximate surface area is 111 Å². The molecule has 0 spiro atoms. The van der Waals surface area contributed by atoms with Crippen molar-refractivity contribution in [1.82, 2.24) is 0 Å². The van der Waals surface area contributed by atoms with E-state index in [0.29, 0.717) is 10.6 Å². The van der Waals surface area contributed by atoms with Gasteiger partial charge in [-0.1, -0.05) is 6.07 Å². The predicted molar refractivity (Wildman–Crippen MR) is 71.2 cm³/mol. The van der Waals surface area contributed by atoms with Gasteiger partial charge in [-0.15, -0.1) is 11.3 Å². The minimum absolute atomic E-state index is 0.155. The first-order valence-corrected chi connectivity index (χ1v) is 6.53. The number of thiophene rings is 1. The van der Waals surface area contributed by atoms with E-state index >= 15 is 0 Å². The highest BCUT2D eigenvalue weighted by atomic mass is 79.9. The maximum absolute atomic E-state index is 13.1. The van der Waals surface area contributed by atoms with Gasteiger partial charge in [-0.25, -0.2) is 4.39 Å². The molecule has 0 fully saturated rings. The topological polar surface area (TPSA) is 20.3 Å². The van der Waals surface area contributed by atoms with Crippen LogP contribution in [0.5, 0.6) is 0 Å². The average molecular weight is 314 g/mol. The molecule has 2 aromatic rings. The average Bonchev–Trinajstić information content (AvgIpc) is 2.73. The molecule has 0 unspecified atom stereocenters. The second-order valence-electron chi connectivity index (χ2n) is 3.44. The molecule has 0 N–H and O–H groups in total. The lowest BCUT2D eigenvalue weighted by molar-refractivity contribution is 0.0996. The van der Waals surface area contributed by atoms with Crippen molar-refractivity contribution in [2.24, 2.45) is 0 Å². The van der Waals surface area contributed by atoms with Gasteiger partial charge in [0.05, 0.1) is 0 Å². The zero-order valence-corrected chi connectivity index (χ0v) is 11.4. The molecule has 1 aromatic carbocycles.